The molecule has 0 aliphatic carbocycles. The van der Waals surface area contributed by atoms with Gasteiger partial charge in [-0.15, -0.1) is 0 Å². The number of nitro benzene ring substituents is 1. The molecule has 0 bridgehead atoms. The molecule has 0 atom stereocenters. The third-order valence-corrected chi connectivity index (χ3v) is 6.68. The van der Waals surface area contributed by atoms with Crippen molar-refractivity contribution in [1.82, 2.24) is 0 Å². The van der Waals surface area contributed by atoms with Gasteiger partial charge in [0.2, 0.25) is 0 Å². The highest BCUT2D eigenvalue weighted by Gasteiger charge is 2.15. The van der Waals surface area contributed by atoms with Gasteiger partial charge >= 0.3 is 0 Å². The fourth-order valence-corrected chi connectivity index (χ4v) is 4.58. The van der Waals surface area contributed by atoms with E-state index in [1.807, 2.05) is 18.2 Å². The van der Waals surface area contributed by atoms with Crippen molar-refractivity contribution in [2.75, 3.05) is 0 Å². The molecular weight excluding hydrogens is 454 g/mol. The van der Waals surface area contributed by atoms with Crippen molar-refractivity contribution in [2.24, 2.45) is 0 Å². The summed E-state index contributed by atoms with van der Waals surface area (Å²) >= 11 is 0. The zero-order valence-corrected chi connectivity index (χ0v) is 18.9. The average molecular weight is 476 g/mol. The summed E-state index contributed by atoms with van der Waals surface area (Å²) in [4.78, 5) is 10.6. The molecule has 0 aliphatic rings. The highest BCUT2D eigenvalue weighted by Crippen LogP contribution is 2.27. The lowest BCUT2D eigenvalue weighted by atomic mass is 10.2. The lowest BCUT2D eigenvalue weighted by Crippen LogP contribution is -2.05. The third-order valence-electron chi connectivity index (χ3n) is 4.98. The summed E-state index contributed by atoms with van der Waals surface area (Å²) < 4.78 is 36.9. The van der Waals surface area contributed by atoms with Crippen LogP contribution < -0.4 is 9.47 Å². The highest BCUT2D eigenvalue weighted by atomic mass is 32.2. The van der Waals surface area contributed by atoms with Crippen molar-refractivity contribution in [3.8, 4) is 17.2 Å². The van der Waals surface area contributed by atoms with Crippen LogP contribution in [-0.4, -0.2) is 13.3 Å². The van der Waals surface area contributed by atoms with Crippen LogP contribution in [0.2, 0.25) is 0 Å². The maximum atomic E-state index is 12.7. The van der Waals surface area contributed by atoms with Gasteiger partial charge in [0.15, 0.2) is 9.84 Å². The minimum atomic E-state index is -3.43. The number of sulfone groups is 1. The van der Waals surface area contributed by atoms with Gasteiger partial charge in [-0.05, 0) is 47.5 Å². The molecule has 8 heteroatoms. The van der Waals surface area contributed by atoms with Gasteiger partial charge in [-0.1, -0.05) is 48.5 Å². The molecule has 7 nitrogen and oxygen atoms in total. The first-order valence-electron chi connectivity index (χ1n) is 10.4. The van der Waals surface area contributed by atoms with E-state index in [-0.39, 0.29) is 22.9 Å². The number of nitrogens with zero attached hydrogens (tertiary/aromatic N) is 1. The molecule has 0 saturated heterocycles. The van der Waals surface area contributed by atoms with Crippen LogP contribution in [0.5, 0.6) is 17.2 Å². The minimum Gasteiger partial charge on any atom is -0.489 e. The Kier molecular flexibility index (Phi) is 6.89. The first-order valence-corrected chi connectivity index (χ1v) is 12.1. The van der Waals surface area contributed by atoms with Crippen molar-refractivity contribution < 1.29 is 22.8 Å². The molecular formula is C26H21NO6S. The Hall–Kier alpha value is -4.17. The van der Waals surface area contributed by atoms with E-state index in [4.69, 9.17) is 9.47 Å². The van der Waals surface area contributed by atoms with E-state index in [1.54, 1.807) is 60.7 Å². The molecule has 4 aromatic carbocycles. The summed E-state index contributed by atoms with van der Waals surface area (Å²) in [7, 11) is -3.43. The largest absolute Gasteiger partial charge is 0.489 e. The molecule has 0 aliphatic heterocycles. The molecule has 172 valence electrons. The van der Waals surface area contributed by atoms with Gasteiger partial charge in [-0.2, -0.15) is 0 Å². The van der Waals surface area contributed by atoms with Crippen LogP contribution in [-0.2, 0) is 22.2 Å². The van der Waals surface area contributed by atoms with E-state index in [2.05, 4.69) is 0 Å². The number of non-ortho nitro benzene ring substituents is 1. The Morgan fingerprint density at radius 2 is 1.38 bits per heavy atom. The molecule has 4 aromatic rings. The maximum absolute atomic E-state index is 12.7. The smallest absolute Gasteiger partial charge is 0.269 e. The van der Waals surface area contributed by atoms with Crippen molar-refractivity contribution in [3.05, 3.63) is 124 Å². The Bertz CT molecular complexity index is 1370. The summed E-state index contributed by atoms with van der Waals surface area (Å²) in [6.45, 7) is 0.250. The Morgan fingerprint density at radius 1 is 0.706 bits per heavy atom. The molecule has 0 spiro atoms. The Balaban J connectivity index is 1.36. The Labute approximate surface area is 197 Å². The van der Waals surface area contributed by atoms with Crippen LogP contribution in [0.1, 0.15) is 11.1 Å². The normalized spacial score (nSPS) is 11.1. The molecule has 0 unspecified atom stereocenters. The second-order valence-corrected chi connectivity index (χ2v) is 9.49. The minimum absolute atomic E-state index is 0.0108. The summed E-state index contributed by atoms with van der Waals surface area (Å²) in [6.07, 6.45) is 0. The van der Waals surface area contributed by atoms with Crippen LogP contribution in [0, 0.1) is 10.1 Å². The van der Waals surface area contributed by atoms with Crippen molar-refractivity contribution in [2.45, 2.75) is 17.3 Å². The molecule has 0 N–H and O–H groups in total. The second kappa shape index (κ2) is 10.2. The SMILES string of the molecule is O=[N+]([O-])c1ccc(Oc2cccc(OCc3ccc(S(=O)(=O)Cc4ccccc4)cc3)c2)cc1. The van der Waals surface area contributed by atoms with Gasteiger partial charge in [-0.3, -0.25) is 10.1 Å². The monoisotopic (exact) mass is 475 g/mol. The number of hydrogen-bond acceptors (Lipinski definition) is 6. The van der Waals surface area contributed by atoms with E-state index >= 15 is 0 Å². The van der Waals surface area contributed by atoms with Gasteiger partial charge in [-0.25, -0.2) is 8.42 Å². The topological polar surface area (TPSA) is 95.7 Å². The van der Waals surface area contributed by atoms with E-state index in [0.717, 1.165) is 11.1 Å². The number of rotatable bonds is 9. The molecule has 4 rings (SSSR count). The lowest BCUT2D eigenvalue weighted by molar-refractivity contribution is -0.384. The van der Waals surface area contributed by atoms with Crippen LogP contribution in [0.4, 0.5) is 5.69 Å². The lowest BCUT2D eigenvalue weighted by Gasteiger charge is -2.10. The van der Waals surface area contributed by atoms with Gasteiger partial charge in [0, 0.05) is 18.2 Å². The fraction of sp³-hybridized carbons (Fsp3) is 0.0769. The molecule has 34 heavy (non-hydrogen) atoms. The number of benzene rings is 4. The summed E-state index contributed by atoms with van der Waals surface area (Å²) in [5, 5.41) is 10.8. The predicted octanol–water partition coefficient (Wildman–Crippen LogP) is 5.94. The van der Waals surface area contributed by atoms with E-state index < -0.39 is 14.8 Å². The van der Waals surface area contributed by atoms with Gasteiger partial charge in [0.25, 0.3) is 5.69 Å². The van der Waals surface area contributed by atoms with Crippen molar-refractivity contribution in [3.63, 3.8) is 0 Å². The summed E-state index contributed by atoms with van der Waals surface area (Å²) in [6, 6.07) is 28.5. The molecule has 0 amide bonds. The molecule has 0 aromatic heterocycles. The quantitative estimate of drug-likeness (QED) is 0.220. The van der Waals surface area contributed by atoms with Gasteiger partial charge < -0.3 is 9.47 Å². The van der Waals surface area contributed by atoms with Crippen molar-refractivity contribution in [1.29, 1.82) is 0 Å². The molecule has 0 heterocycles. The van der Waals surface area contributed by atoms with E-state index in [1.165, 1.54) is 24.3 Å². The Morgan fingerprint density at radius 3 is 2.06 bits per heavy atom. The zero-order chi connectivity index (χ0) is 24.0. The molecule has 0 saturated carbocycles. The van der Waals surface area contributed by atoms with Crippen LogP contribution in [0.25, 0.3) is 0 Å². The number of hydrogen-bond donors (Lipinski definition) is 0. The zero-order valence-electron chi connectivity index (χ0n) is 18.0. The number of nitro groups is 1. The predicted molar refractivity (Wildman–Crippen MR) is 128 cm³/mol. The first-order chi connectivity index (χ1) is 16.4. The molecule has 0 radical (unpaired) electrons. The first kappa shape index (κ1) is 23.0. The molecule has 0 fully saturated rings. The number of ether oxygens (including phenoxy) is 2. The third kappa shape index (κ3) is 5.99. The van der Waals surface area contributed by atoms with Crippen LogP contribution in [0.15, 0.2) is 108 Å². The summed E-state index contributed by atoms with van der Waals surface area (Å²) in [5.41, 5.74) is 1.55. The maximum Gasteiger partial charge on any atom is 0.269 e. The summed E-state index contributed by atoms with van der Waals surface area (Å²) in [5.74, 6) is 1.51. The highest BCUT2D eigenvalue weighted by molar-refractivity contribution is 7.90. The van der Waals surface area contributed by atoms with Crippen LogP contribution in [0.3, 0.4) is 0 Å². The second-order valence-electron chi connectivity index (χ2n) is 7.51. The van der Waals surface area contributed by atoms with E-state index in [0.29, 0.717) is 17.2 Å². The standard InChI is InChI=1S/C26H21NO6S/c28-27(29)22-11-13-23(14-12-22)33-25-8-4-7-24(17-25)32-18-20-9-15-26(16-10-20)34(30,31)19-21-5-2-1-3-6-21/h1-17H,18-19H2. The fourth-order valence-electron chi connectivity index (χ4n) is 3.24. The van der Waals surface area contributed by atoms with Gasteiger partial charge in [0.05, 0.1) is 15.6 Å². The van der Waals surface area contributed by atoms with Crippen LogP contribution >= 0.6 is 0 Å². The van der Waals surface area contributed by atoms with Gasteiger partial charge in [0.1, 0.15) is 23.9 Å². The van der Waals surface area contributed by atoms with E-state index in [9.17, 15) is 18.5 Å². The average Bonchev–Trinajstić information content (AvgIpc) is 2.84. The van der Waals surface area contributed by atoms with Crippen molar-refractivity contribution >= 4 is 15.5 Å².